The Morgan fingerprint density at radius 1 is 1.28 bits per heavy atom. The van der Waals surface area contributed by atoms with Gasteiger partial charge in [-0.3, -0.25) is 4.79 Å². The lowest BCUT2D eigenvalue weighted by molar-refractivity contribution is 0.0890. The molecular weight excluding hydrogens is 224 g/mol. The second-order valence-corrected chi connectivity index (χ2v) is 5.82. The molecule has 3 heteroatoms. The SMILES string of the molecule is CN1CC[C@H]2CC(=O)c3cc(N)ccc3C[C@@H]2C1. The van der Waals surface area contributed by atoms with Crippen LogP contribution in [-0.2, 0) is 6.42 Å². The number of rotatable bonds is 0. The fourth-order valence-electron chi connectivity index (χ4n) is 3.42. The molecule has 18 heavy (non-hydrogen) atoms. The molecule has 0 aromatic heterocycles. The van der Waals surface area contributed by atoms with Crippen LogP contribution in [0.1, 0.15) is 28.8 Å². The molecule has 0 bridgehead atoms. The third kappa shape index (κ3) is 2.03. The molecule has 1 saturated heterocycles. The number of likely N-dealkylation sites (tertiary alicyclic amines) is 1. The van der Waals surface area contributed by atoms with Crippen LogP contribution in [0, 0.1) is 11.8 Å². The molecule has 1 aliphatic heterocycles. The van der Waals surface area contributed by atoms with Crippen LogP contribution in [0.3, 0.4) is 0 Å². The molecule has 1 heterocycles. The van der Waals surface area contributed by atoms with Gasteiger partial charge < -0.3 is 10.6 Å². The first-order valence-electron chi connectivity index (χ1n) is 6.73. The zero-order valence-electron chi connectivity index (χ0n) is 10.9. The van der Waals surface area contributed by atoms with Crippen LogP contribution in [0.4, 0.5) is 5.69 Å². The number of fused-ring (bicyclic) bond motifs is 2. The number of hydrogen-bond acceptors (Lipinski definition) is 3. The summed E-state index contributed by atoms with van der Waals surface area (Å²) in [7, 11) is 2.17. The van der Waals surface area contributed by atoms with Crippen molar-refractivity contribution in [3.8, 4) is 0 Å². The average molecular weight is 244 g/mol. The Balaban J connectivity index is 1.96. The van der Waals surface area contributed by atoms with Crippen LogP contribution in [0.2, 0.25) is 0 Å². The van der Waals surface area contributed by atoms with Crippen molar-refractivity contribution in [1.82, 2.24) is 4.90 Å². The van der Waals surface area contributed by atoms with E-state index in [1.807, 2.05) is 18.2 Å². The van der Waals surface area contributed by atoms with Gasteiger partial charge in [0, 0.05) is 24.2 Å². The van der Waals surface area contributed by atoms with Crippen molar-refractivity contribution in [3.63, 3.8) is 0 Å². The number of nitrogens with two attached hydrogens (primary N) is 1. The highest BCUT2D eigenvalue weighted by Crippen LogP contribution is 2.34. The third-order valence-corrected chi connectivity index (χ3v) is 4.46. The molecule has 1 aromatic rings. The van der Waals surface area contributed by atoms with Crippen LogP contribution in [0.15, 0.2) is 18.2 Å². The molecule has 0 spiro atoms. The summed E-state index contributed by atoms with van der Waals surface area (Å²) in [6.45, 7) is 2.23. The number of ketones is 1. The van der Waals surface area contributed by atoms with Gasteiger partial charge in [0.1, 0.15) is 0 Å². The van der Waals surface area contributed by atoms with Gasteiger partial charge in [0.2, 0.25) is 0 Å². The van der Waals surface area contributed by atoms with Gasteiger partial charge >= 0.3 is 0 Å². The number of benzene rings is 1. The van der Waals surface area contributed by atoms with Gasteiger partial charge in [-0.1, -0.05) is 6.07 Å². The van der Waals surface area contributed by atoms with Crippen molar-refractivity contribution in [3.05, 3.63) is 29.3 Å². The predicted octanol–water partition coefficient (Wildman–Crippen LogP) is 1.97. The van der Waals surface area contributed by atoms with Gasteiger partial charge in [-0.05, 0) is 56.0 Å². The van der Waals surface area contributed by atoms with E-state index in [1.54, 1.807) is 0 Å². The molecule has 0 amide bonds. The summed E-state index contributed by atoms with van der Waals surface area (Å²) in [5.74, 6) is 1.47. The number of hydrogen-bond donors (Lipinski definition) is 1. The maximum atomic E-state index is 12.3. The Bertz CT molecular complexity index is 483. The molecule has 2 atom stereocenters. The summed E-state index contributed by atoms with van der Waals surface area (Å²) in [5, 5.41) is 0. The normalized spacial score (nSPS) is 28.4. The van der Waals surface area contributed by atoms with E-state index in [-0.39, 0.29) is 5.78 Å². The minimum atomic E-state index is 0.286. The molecule has 1 aliphatic carbocycles. The van der Waals surface area contributed by atoms with E-state index in [2.05, 4.69) is 11.9 Å². The Morgan fingerprint density at radius 3 is 2.94 bits per heavy atom. The van der Waals surface area contributed by atoms with Gasteiger partial charge in [-0.15, -0.1) is 0 Å². The number of carbonyl (C=O) groups excluding carboxylic acids is 1. The van der Waals surface area contributed by atoms with Gasteiger partial charge in [-0.25, -0.2) is 0 Å². The number of anilines is 1. The summed E-state index contributed by atoms with van der Waals surface area (Å²) < 4.78 is 0. The monoisotopic (exact) mass is 244 g/mol. The van der Waals surface area contributed by atoms with E-state index in [4.69, 9.17) is 5.73 Å². The molecule has 0 radical (unpaired) electrons. The molecule has 2 N–H and O–H groups in total. The van der Waals surface area contributed by atoms with Crippen LogP contribution in [-0.4, -0.2) is 30.8 Å². The van der Waals surface area contributed by atoms with Gasteiger partial charge in [-0.2, -0.15) is 0 Å². The molecule has 1 aromatic carbocycles. The van der Waals surface area contributed by atoms with E-state index < -0.39 is 0 Å². The maximum absolute atomic E-state index is 12.3. The lowest BCUT2D eigenvalue weighted by atomic mass is 9.81. The molecule has 0 unspecified atom stereocenters. The lowest BCUT2D eigenvalue weighted by Crippen LogP contribution is -2.38. The fraction of sp³-hybridized carbons (Fsp3) is 0.533. The summed E-state index contributed by atoms with van der Waals surface area (Å²) in [6, 6.07) is 5.82. The topological polar surface area (TPSA) is 46.3 Å². The van der Waals surface area contributed by atoms with Crippen molar-refractivity contribution >= 4 is 11.5 Å². The molecular formula is C15H20N2O. The van der Waals surface area contributed by atoms with Crippen molar-refractivity contribution < 1.29 is 4.79 Å². The molecule has 3 nitrogen and oxygen atoms in total. The van der Waals surface area contributed by atoms with Crippen molar-refractivity contribution in [2.75, 3.05) is 25.9 Å². The standard InChI is InChI=1S/C15H20N2O/c1-17-5-4-10-7-15(18)14-8-13(16)3-2-11(14)6-12(10)9-17/h2-3,8,10,12H,4-7,9,16H2,1H3/t10-,12+/m0/s1. The number of nitrogens with zero attached hydrogens (tertiary/aromatic N) is 1. The second kappa shape index (κ2) is 4.39. The Labute approximate surface area is 108 Å². The zero-order valence-corrected chi connectivity index (χ0v) is 10.9. The van der Waals surface area contributed by atoms with Gasteiger partial charge in [0.15, 0.2) is 5.78 Å². The van der Waals surface area contributed by atoms with Crippen LogP contribution in [0.25, 0.3) is 0 Å². The second-order valence-electron chi connectivity index (χ2n) is 5.82. The average Bonchev–Trinajstić information content (AvgIpc) is 2.46. The summed E-state index contributed by atoms with van der Waals surface area (Å²) in [4.78, 5) is 14.7. The Hall–Kier alpha value is -1.35. The quantitative estimate of drug-likeness (QED) is 0.710. The highest BCUT2D eigenvalue weighted by Gasteiger charge is 2.33. The van der Waals surface area contributed by atoms with Crippen molar-refractivity contribution in [2.45, 2.75) is 19.3 Å². The lowest BCUT2D eigenvalue weighted by Gasteiger charge is -2.35. The van der Waals surface area contributed by atoms with E-state index in [0.29, 0.717) is 23.9 Å². The van der Waals surface area contributed by atoms with Gasteiger partial charge in [0.05, 0.1) is 0 Å². The van der Waals surface area contributed by atoms with E-state index in [0.717, 1.165) is 31.5 Å². The molecule has 3 rings (SSSR count). The summed E-state index contributed by atoms with van der Waals surface area (Å²) in [5.41, 5.74) is 8.56. The predicted molar refractivity (Wildman–Crippen MR) is 72.6 cm³/mol. The largest absolute Gasteiger partial charge is 0.399 e. The number of Topliss-reactive ketones (excluding diaryl/α,β-unsaturated/α-hetero) is 1. The van der Waals surface area contributed by atoms with Crippen LogP contribution >= 0.6 is 0 Å². The number of piperidine rings is 1. The van der Waals surface area contributed by atoms with Crippen LogP contribution in [0.5, 0.6) is 0 Å². The van der Waals surface area contributed by atoms with Gasteiger partial charge in [0.25, 0.3) is 0 Å². The molecule has 0 saturated carbocycles. The van der Waals surface area contributed by atoms with E-state index in [1.165, 1.54) is 5.56 Å². The van der Waals surface area contributed by atoms with Crippen molar-refractivity contribution in [1.29, 1.82) is 0 Å². The third-order valence-electron chi connectivity index (χ3n) is 4.46. The highest BCUT2D eigenvalue weighted by molar-refractivity contribution is 5.98. The molecule has 96 valence electrons. The number of carbonyl (C=O) groups is 1. The first-order chi connectivity index (χ1) is 8.63. The number of nitrogen functional groups attached to an aromatic ring is 1. The van der Waals surface area contributed by atoms with Crippen LogP contribution < -0.4 is 5.73 Å². The fourth-order valence-corrected chi connectivity index (χ4v) is 3.42. The minimum absolute atomic E-state index is 0.286. The first kappa shape index (κ1) is 11.7. The van der Waals surface area contributed by atoms with E-state index >= 15 is 0 Å². The Kier molecular flexibility index (Phi) is 2.86. The Morgan fingerprint density at radius 2 is 2.11 bits per heavy atom. The zero-order chi connectivity index (χ0) is 12.7. The summed E-state index contributed by atoms with van der Waals surface area (Å²) in [6.07, 6.45) is 2.88. The smallest absolute Gasteiger partial charge is 0.163 e. The highest BCUT2D eigenvalue weighted by atomic mass is 16.1. The molecule has 2 aliphatic rings. The molecule has 1 fully saturated rings. The first-order valence-corrected chi connectivity index (χ1v) is 6.73. The maximum Gasteiger partial charge on any atom is 0.163 e. The van der Waals surface area contributed by atoms with E-state index in [9.17, 15) is 4.79 Å². The minimum Gasteiger partial charge on any atom is -0.399 e. The summed E-state index contributed by atoms with van der Waals surface area (Å²) >= 11 is 0. The van der Waals surface area contributed by atoms with Crippen molar-refractivity contribution in [2.24, 2.45) is 11.8 Å².